The van der Waals surface area contributed by atoms with Crippen molar-refractivity contribution in [3.63, 3.8) is 0 Å². The summed E-state index contributed by atoms with van der Waals surface area (Å²) in [5.41, 5.74) is 1.08. The van der Waals surface area contributed by atoms with Crippen LogP contribution in [-0.4, -0.2) is 39.2 Å². The maximum absolute atomic E-state index is 13.1. The minimum absolute atomic E-state index is 0.0417. The Labute approximate surface area is 169 Å². The van der Waals surface area contributed by atoms with Crippen LogP contribution >= 0.6 is 23.1 Å². The highest BCUT2D eigenvalue weighted by Crippen LogP contribution is 2.28. The summed E-state index contributed by atoms with van der Waals surface area (Å²) in [7, 11) is 0. The van der Waals surface area contributed by atoms with Gasteiger partial charge in [0.2, 0.25) is 5.91 Å². The molecule has 0 radical (unpaired) electrons. The lowest BCUT2D eigenvalue weighted by atomic mass is 10.2. The predicted molar refractivity (Wildman–Crippen MR) is 114 cm³/mol. The van der Waals surface area contributed by atoms with Gasteiger partial charge in [0.15, 0.2) is 5.16 Å². The van der Waals surface area contributed by atoms with Gasteiger partial charge in [0, 0.05) is 24.5 Å². The molecule has 2 aromatic rings. The average Bonchev–Trinajstić information content (AvgIpc) is 2.84. The number of hydrogen-bond acceptors (Lipinski definition) is 5. The monoisotopic (exact) mass is 407 g/mol. The first-order chi connectivity index (χ1) is 13.0. The van der Waals surface area contributed by atoms with Gasteiger partial charge in [0.05, 0.1) is 11.1 Å². The highest BCUT2D eigenvalue weighted by molar-refractivity contribution is 7.99. The fourth-order valence-corrected chi connectivity index (χ4v) is 5.47. The molecule has 7 heteroatoms. The van der Waals surface area contributed by atoms with Crippen LogP contribution in [0.3, 0.4) is 0 Å². The number of aryl methyl sites for hydroxylation is 2. The Hall–Kier alpha value is -1.34. The van der Waals surface area contributed by atoms with Gasteiger partial charge in [-0.05, 0) is 38.7 Å². The van der Waals surface area contributed by atoms with E-state index < -0.39 is 0 Å². The predicted octanol–water partition coefficient (Wildman–Crippen LogP) is 4.37. The molecule has 1 aliphatic heterocycles. The molecule has 3 rings (SSSR count). The molecule has 3 heterocycles. The molecule has 0 spiro atoms. The van der Waals surface area contributed by atoms with Crippen LogP contribution in [0.5, 0.6) is 0 Å². The second-order valence-corrected chi connectivity index (χ2v) is 9.40. The van der Waals surface area contributed by atoms with E-state index in [-0.39, 0.29) is 11.5 Å². The maximum atomic E-state index is 13.1. The van der Waals surface area contributed by atoms with Crippen molar-refractivity contribution in [3.05, 3.63) is 20.8 Å². The molecule has 0 unspecified atom stereocenters. The zero-order chi connectivity index (χ0) is 19.4. The summed E-state index contributed by atoms with van der Waals surface area (Å²) in [6, 6.07) is 0. The van der Waals surface area contributed by atoms with Crippen LogP contribution in [0.15, 0.2) is 9.95 Å². The summed E-state index contributed by atoms with van der Waals surface area (Å²) in [6.07, 6.45) is 6.56. The van der Waals surface area contributed by atoms with Crippen molar-refractivity contribution >= 4 is 39.2 Å². The molecule has 0 bridgehead atoms. The molecule has 0 aromatic carbocycles. The number of thioether (sulfide) groups is 1. The molecule has 148 valence electrons. The number of fused-ring (bicyclic) bond motifs is 1. The van der Waals surface area contributed by atoms with E-state index >= 15 is 0 Å². The van der Waals surface area contributed by atoms with Crippen LogP contribution in [0.1, 0.15) is 55.9 Å². The van der Waals surface area contributed by atoms with E-state index in [2.05, 4.69) is 6.92 Å². The largest absolute Gasteiger partial charge is 0.342 e. The molecule has 0 saturated carbocycles. The van der Waals surface area contributed by atoms with Crippen LogP contribution in [0.4, 0.5) is 0 Å². The Morgan fingerprint density at radius 1 is 1.19 bits per heavy atom. The van der Waals surface area contributed by atoms with Crippen LogP contribution in [0, 0.1) is 13.8 Å². The molecular weight excluding hydrogens is 378 g/mol. The second kappa shape index (κ2) is 9.24. The first-order valence-electron chi connectivity index (χ1n) is 9.94. The normalized spacial score (nSPS) is 15.3. The van der Waals surface area contributed by atoms with Gasteiger partial charge in [-0.15, -0.1) is 11.3 Å². The number of aromatic nitrogens is 2. The molecule has 1 fully saturated rings. The third-order valence-corrected chi connectivity index (χ3v) is 7.33. The van der Waals surface area contributed by atoms with Crippen molar-refractivity contribution in [2.45, 2.75) is 71.0 Å². The molecule has 2 aromatic heterocycles. The summed E-state index contributed by atoms with van der Waals surface area (Å²) in [6.45, 7) is 8.53. The molecule has 5 nitrogen and oxygen atoms in total. The van der Waals surface area contributed by atoms with Crippen LogP contribution in [0.25, 0.3) is 10.2 Å². The first kappa shape index (κ1) is 20.4. The standard InChI is InChI=1S/C20H29N3O2S2/c1-4-5-12-23-19(25)17-14(2)15(3)27-18(17)21-20(23)26-13-16(24)22-10-8-6-7-9-11-22/h4-13H2,1-3H3. The number of unbranched alkanes of at least 4 members (excludes halogenated alkanes) is 1. The van der Waals surface area contributed by atoms with E-state index in [0.29, 0.717) is 17.5 Å². The highest BCUT2D eigenvalue weighted by Gasteiger charge is 2.20. The number of likely N-dealkylation sites (tertiary alicyclic amines) is 1. The Bertz CT molecular complexity index is 864. The van der Waals surface area contributed by atoms with Gasteiger partial charge < -0.3 is 4.90 Å². The molecule has 27 heavy (non-hydrogen) atoms. The SMILES string of the molecule is CCCCn1c(SCC(=O)N2CCCCCC2)nc2sc(C)c(C)c2c1=O. The minimum Gasteiger partial charge on any atom is -0.342 e. The van der Waals surface area contributed by atoms with Gasteiger partial charge in [0.1, 0.15) is 4.83 Å². The Morgan fingerprint density at radius 3 is 2.56 bits per heavy atom. The minimum atomic E-state index is 0.0417. The highest BCUT2D eigenvalue weighted by atomic mass is 32.2. The third-order valence-electron chi connectivity index (χ3n) is 5.27. The van der Waals surface area contributed by atoms with Crippen molar-refractivity contribution in [1.82, 2.24) is 14.5 Å². The first-order valence-corrected chi connectivity index (χ1v) is 11.7. The van der Waals surface area contributed by atoms with E-state index in [9.17, 15) is 9.59 Å². The number of amides is 1. The summed E-state index contributed by atoms with van der Waals surface area (Å²) in [5, 5.41) is 1.43. The Morgan fingerprint density at radius 2 is 1.89 bits per heavy atom. The lowest BCUT2D eigenvalue weighted by Crippen LogP contribution is -2.33. The molecule has 1 amide bonds. The number of hydrogen-bond donors (Lipinski definition) is 0. The van der Waals surface area contributed by atoms with E-state index in [0.717, 1.165) is 59.4 Å². The maximum Gasteiger partial charge on any atom is 0.263 e. The van der Waals surface area contributed by atoms with Crippen molar-refractivity contribution in [2.75, 3.05) is 18.8 Å². The Kier molecular flexibility index (Phi) is 6.98. The molecule has 0 atom stereocenters. The quantitative estimate of drug-likeness (QED) is 0.527. The lowest BCUT2D eigenvalue weighted by molar-refractivity contribution is -0.128. The zero-order valence-corrected chi connectivity index (χ0v) is 18.2. The summed E-state index contributed by atoms with van der Waals surface area (Å²) >= 11 is 2.99. The fourth-order valence-electron chi connectivity index (χ4n) is 3.47. The summed E-state index contributed by atoms with van der Waals surface area (Å²) in [5.74, 6) is 0.518. The number of rotatable bonds is 6. The van der Waals surface area contributed by atoms with Gasteiger partial charge in [-0.3, -0.25) is 14.2 Å². The van der Waals surface area contributed by atoms with Gasteiger partial charge in [0.25, 0.3) is 5.56 Å². The van der Waals surface area contributed by atoms with Crippen molar-refractivity contribution in [2.24, 2.45) is 0 Å². The van der Waals surface area contributed by atoms with Gasteiger partial charge >= 0.3 is 0 Å². The van der Waals surface area contributed by atoms with Crippen LogP contribution < -0.4 is 5.56 Å². The zero-order valence-electron chi connectivity index (χ0n) is 16.5. The smallest absolute Gasteiger partial charge is 0.263 e. The summed E-state index contributed by atoms with van der Waals surface area (Å²) < 4.78 is 1.78. The fraction of sp³-hybridized carbons (Fsp3) is 0.650. The van der Waals surface area contributed by atoms with Crippen molar-refractivity contribution < 1.29 is 4.79 Å². The van der Waals surface area contributed by atoms with Crippen LogP contribution in [0.2, 0.25) is 0 Å². The molecular formula is C20H29N3O2S2. The second-order valence-electron chi connectivity index (χ2n) is 7.25. The molecule has 1 saturated heterocycles. The van der Waals surface area contributed by atoms with E-state index in [1.54, 1.807) is 15.9 Å². The van der Waals surface area contributed by atoms with E-state index in [1.165, 1.54) is 24.6 Å². The Balaban J connectivity index is 1.85. The average molecular weight is 408 g/mol. The van der Waals surface area contributed by atoms with Crippen molar-refractivity contribution in [3.8, 4) is 0 Å². The topological polar surface area (TPSA) is 55.2 Å². The molecule has 0 aliphatic carbocycles. The molecule has 1 aliphatic rings. The van der Waals surface area contributed by atoms with Gasteiger partial charge in [-0.25, -0.2) is 4.98 Å². The molecule has 0 N–H and O–H groups in total. The van der Waals surface area contributed by atoms with Crippen LogP contribution in [-0.2, 0) is 11.3 Å². The lowest BCUT2D eigenvalue weighted by Gasteiger charge is -2.20. The number of carbonyl (C=O) groups is 1. The van der Waals surface area contributed by atoms with Crippen molar-refractivity contribution in [1.29, 1.82) is 0 Å². The van der Waals surface area contributed by atoms with Gasteiger partial charge in [-0.2, -0.15) is 0 Å². The summed E-state index contributed by atoms with van der Waals surface area (Å²) in [4.78, 5) is 34.4. The number of thiophene rings is 1. The van der Waals surface area contributed by atoms with E-state index in [4.69, 9.17) is 4.98 Å². The van der Waals surface area contributed by atoms with E-state index in [1.807, 2.05) is 18.7 Å². The number of nitrogens with zero attached hydrogens (tertiary/aromatic N) is 3. The third kappa shape index (κ3) is 4.57. The number of carbonyl (C=O) groups excluding carboxylic acids is 1. The van der Waals surface area contributed by atoms with Gasteiger partial charge in [-0.1, -0.05) is 37.9 Å².